The first-order valence-corrected chi connectivity index (χ1v) is 8.51. The third-order valence-corrected chi connectivity index (χ3v) is 4.66. The number of nitrogens with zero attached hydrogens (tertiary/aromatic N) is 1. The molecule has 7 heteroatoms. The fourth-order valence-electron chi connectivity index (χ4n) is 3.12. The number of methoxy groups -OCH3 is 1. The van der Waals surface area contributed by atoms with E-state index in [1.54, 1.807) is 0 Å². The first kappa shape index (κ1) is 18.2. The van der Waals surface area contributed by atoms with Crippen molar-refractivity contribution in [2.45, 2.75) is 45.1 Å². The molecule has 0 aromatic heterocycles. The van der Waals surface area contributed by atoms with Crippen LogP contribution < -0.4 is 15.0 Å². The molecular formula is C17H26N3O4+. The molecule has 0 saturated carbocycles. The van der Waals surface area contributed by atoms with E-state index in [0.717, 1.165) is 25.9 Å². The lowest BCUT2D eigenvalue weighted by Gasteiger charge is -2.27. The lowest BCUT2D eigenvalue weighted by molar-refractivity contribution is -0.914. The molecule has 1 heterocycles. The van der Waals surface area contributed by atoms with Gasteiger partial charge in [-0.2, -0.15) is 0 Å². The number of nitro groups is 1. The van der Waals surface area contributed by atoms with Crippen LogP contribution >= 0.6 is 0 Å². The van der Waals surface area contributed by atoms with Crippen molar-refractivity contribution >= 4 is 17.3 Å². The van der Waals surface area contributed by atoms with Gasteiger partial charge in [0.05, 0.1) is 36.9 Å². The lowest BCUT2D eigenvalue weighted by Crippen LogP contribution is -3.16. The Morgan fingerprint density at radius 1 is 1.25 bits per heavy atom. The Bertz CT molecular complexity index is 583. The molecule has 1 aromatic rings. The van der Waals surface area contributed by atoms with Crippen molar-refractivity contribution in [3.8, 4) is 5.75 Å². The van der Waals surface area contributed by atoms with E-state index >= 15 is 0 Å². The minimum absolute atomic E-state index is 0.0627. The van der Waals surface area contributed by atoms with Crippen molar-refractivity contribution in [1.82, 2.24) is 0 Å². The first-order valence-electron chi connectivity index (χ1n) is 8.51. The predicted molar refractivity (Wildman–Crippen MR) is 91.5 cm³/mol. The fraction of sp³-hybridized carbons (Fsp3) is 0.588. The van der Waals surface area contributed by atoms with E-state index in [4.69, 9.17) is 4.74 Å². The molecule has 0 spiro atoms. The van der Waals surface area contributed by atoms with Crippen LogP contribution in [0.15, 0.2) is 18.2 Å². The molecule has 1 amide bonds. The molecule has 0 radical (unpaired) electrons. The molecule has 2 rings (SSSR count). The normalized spacial score (nSPS) is 17.4. The van der Waals surface area contributed by atoms with Crippen LogP contribution in [0.4, 0.5) is 11.4 Å². The summed E-state index contributed by atoms with van der Waals surface area (Å²) in [5.74, 6) is 0.213. The van der Waals surface area contributed by atoms with E-state index in [-0.39, 0.29) is 17.6 Å². The molecule has 24 heavy (non-hydrogen) atoms. The SMILES string of the molecule is COc1cc([N+](=O)[O-])ccc1NC(=O)[C@H](C)[NH+]1CCCCCCC1. The highest BCUT2D eigenvalue weighted by Gasteiger charge is 2.26. The number of nitrogens with one attached hydrogen (secondary N) is 2. The van der Waals surface area contributed by atoms with E-state index in [2.05, 4.69) is 5.32 Å². The number of hydrogen-bond donors (Lipinski definition) is 2. The molecule has 1 saturated heterocycles. The van der Waals surface area contributed by atoms with Gasteiger partial charge in [-0.25, -0.2) is 0 Å². The number of anilines is 1. The van der Waals surface area contributed by atoms with E-state index in [0.29, 0.717) is 11.4 Å². The summed E-state index contributed by atoms with van der Waals surface area (Å²) in [5.41, 5.74) is 0.402. The lowest BCUT2D eigenvalue weighted by atomic mass is 10.1. The van der Waals surface area contributed by atoms with Crippen LogP contribution in [0.5, 0.6) is 5.75 Å². The Kier molecular flexibility index (Phi) is 6.54. The Balaban J connectivity index is 2.06. The van der Waals surface area contributed by atoms with Crippen LogP contribution in [0.1, 0.15) is 39.0 Å². The van der Waals surface area contributed by atoms with Gasteiger partial charge < -0.3 is 15.0 Å². The maximum absolute atomic E-state index is 12.6. The zero-order valence-electron chi connectivity index (χ0n) is 14.3. The summed E-state index contributed by atoms with van der Waals surface area (Å²) in [4.78, 5) is 24.2. The van der Waals surface area contributed by atoms with E-state index < -0.39 is 4.92 Å². The molecule has 1 aromatic carbocycles. The van der Waals surface area contributed by atoms with Crippen LogP contribution in [0.3, 0.4) is 0 Å². The third kappa shape index (κ3) is 4.67. The van der Waals surface area contributed by atoms with Crippen molar-refractivity contribution < 1.29 is 19.4 Å². The first-order chi connectivity index (χ1) is 11.5. The molecule has 7 nitrogen and oxygen atoms in total. The van der Waals surface area contributed by atoms with Crippen molar-refractivity contribution in [1.29, 1.82) is 0 Å². The van der Waals surface area contributed by atoms with Crippen LogP contribution in [0, 0.1) is 10.1 Å². The van der Waals surface area contributed by atoms with Crippen LogP contribution in [-0.2, 0) is 4.79 Å². The molecule has 0 bridgehead atoms. The Morgan fingerprint density at radius 2 is 1.88 bits per heavy atom. The number of amides is 1. The highest BCUT2D eigenvalue weighted by molar-refractivity contribution is 5.95. The van der Waals surface area contributed by atoms with Gasteiger partial charge in [-0.05, 0) is 38.7 Å². The highest BCUT2D eigenvalue weighted by atomic mass is 16.6. The standard InChI is InChI=1S/C17H25N3O4/c1-13(19-10-6-4-3-5-7-11-19)17(21)18-15-9-8-14(20(22)23)12-16(15)24-2/h8-9,12-13H,3-7,10-11H2,1-2H3,(H,18,21)/p+1/t13-/m0/s1. The summed E-state index contributed by atoms with van der Waals surface area (Å²) in [5, 5.41) is 13.7. The minimum Gasteiger partial charge on any atom is -0.494 e. The predicted octanol–water partition coefficient (Wildman–Crippen LogP) is 1.78. The van der Waals surface area contributed by atoms with Gasteiger partial charge in [-0.3, -0.25) is 14.9 Å². The van der Waals surface area contributed by atoms with E-state index in [9.17, 15) is 14.9 Å². The Labute approximate surface area is 142 Å². The van der Waals surface area contributed by atoms with Gasteiger partial charge in [-0.1, -0.05) is 6.42 Å². The van der Waals surface area contributed by atoms with Crippen molar-refractivity contribution in [3.05, 3.63) is 28.3 Å². The van der Waals surface area contributed by atoms with E-state index in [1.807, 2.05) is 6.92 Å². The molecule has 1 fully saturated rings. The largest absolute Gasteiger partial charge is 0.494 e. The average molecular weight is 336 g/mol. The van der Waals surface area contributed by atoms with Crippen molar-refractivity contribution in [2.75, 3.05) is 25.5 Å². The quantitative estimate of drug-likeness (QED) is 0.634. The summed E-state index contributed by atoms with van der Waals surface area (Å²) in [7, 11) is 1.43. The van der Waals surface area contributed by atoms with Crippen LogP contribution in [0.25, 0.3) is 0 Å². The number of nitro benzene ring substituents is 1. The summed E-state index contributed by atoms with van der Waals surface area (Å²) >= 11 is 0. The smallest absolute Gasteiger partial charge is 0.282 e. The molecule has 1 aliphatic heterocycles. The molecule has 0 unspecified atom stereocenters. The molecule has 1 aliphatic rings. The fourth-order valence-corrected chi connectivity index (χ4v) is 3.12. The molecule has 2 N–H and O–H groups in total. The second kappa shape index (κ2) is 8.63. The van der Waals surface area contributed by atoms with Crippen molar-refractivity contribution in [3.63, 3.8) is 0 Å². The summed E-state index contributed by atoms with van der Waals surface area (Å²) in [6, 6.07) is 4.04. The second-order valence-electron chi connectivity index (χ2n) is 6.28. The zero-order chi connectivity index (χ0) is 17.5. The molecule has 1 atom stereocenters. The van der Waals surface area contributed by atoms with Gasteiger partial charge in [0.1, 0.15) is 5.75 Å². The van der Waals surface area contributed by atoms with Crippen LogP contribution in [-0.4, -0.2) is 37.1 Å². The number of hydrogen-bond acceptors (Lipinski definition) is 4. The van der Waals surface area contributed by atoms with Crippen molar-refractivity contribution in [2.24, 2.45) is 0 Å². The van der Waals surface area contributed by atoms with E-state index in [1.165, 1.54) is 49.5 Å². The van der Waals surface area contributed by atoms with Gasteiger partial charge in [0.25, 0.3) is 11.6 Å². The number of non-ortho nitro benzene ring substituents is 1. The Morgan fingerprint density at radius 3 is 2.46 bits per heavy atom. The minimum atomic E-state index is -0.485. The highest BCUT2D eigenvalue weighted by Crippen LogP contribution is 2.28. The number of ether oxygens (including phenoxy) is 1. The average Bonchev–Trinajstić information content (AvgIpc) is 2.54. The number of carbonyl (C=O) groups excluding carboxylic acids is 1. The summed E-state index contributed by atoms with van der Waals surface area (Å²) in [6.07, 6.45) is 6.04. The summed E-state index contributed by atoms with van der Waals surface area (Å²) < 4.78 is 5.17. The maximum Gasteiger partial charge on any atom is 0.282 e. The van der Waals surface area contributed by atoms with Gasteiger partial charge >= 0.3 is 0 Å². The monoisotopic (exact) mass is 336 g/mol. The molecular weight excluding hydrogens is 310 g/mol. The zero-order valence-corrected chi connectivity index (χ0v) is 14.3. The number of carbonyl (C=O) groups is 1. The number of likely N-dealkylation sites (tertiary alicyclic amines) is 1. The topological polar surface area (TPSA) is 85.9 Å². The Hall–Kier alpha value is -2.15. The van der Waals surface area contributed by atoms with Gasteiger partial charge in [0, 0.05) is 6.07 Å². The maximum atomic E-state index is 12.6. The van der Waals surface area contributed by atoms with Gasteiger partial charge in [-0.15, -0.1) is 0 Å². The third-order valence-electron chi connectivity index (χ3n) is 4.66. The molecule has 0 aliphatic carbocycles. The summed E-state index contributed by atoms with van der Waals surface area (Å²) in [6.45, 7) is 3.95. The van der Waals surface area contributed by atoms with Gasteiger partial charge in [0.2, 0.25) is 0 Å². The molecule has 132 valence electrons. The number of quaternary nitrogens is 1. The second-order valence-corrected chi connectivity index (χ2v) is 6.28. The van der Waals surface area contributed by atoms with Gasteiger partial charge in [0.15, 0.2) is 6.04 Å². The number of benzene rings is 1. The number of rotatable bonds is 5. The van der Waals surface area contributed by atoms with Crippen LogP contribution in [0.2, 0.25) is 0 Å².